The Kier molecular flexibility index (Phi) is 10.1. The van der Waals surface area contributed by atoms with Crippen LogP contribution in [0.3, 0.4) is 0 Å². The third-order valence-corrected chi connectivity index (χ3v) is 3.91. The number of thioether (sulfide) groups is 1. The number of rotatable bonds is 11. The summed E-state index contributed by atoms with van der Waals surface area (Å²) >= 11 is 1.01. The molecular formula is C15H24N2O5S. The minimum Gasteiger partial charge on any atom is -0.477 e. The number of carbonyl (C=O) groups is 4. The molecule has 0 aromatic heterocycles. The van der Waals surface area contributed by atoms with Crippen LogP contribution >= 0.6 is 11.8 Å². The van der Waals surface area contributed by atoms with E-state index < -0.39 is 11.7 Å². The van der Waals surface area contributed by atoms with Crippen LogP contribution in [-0.4, -0.2) is 57.3 Å². The Balaban J connectivity index is 4.26. The van der Waals surface area contributed by atoms with Crippen molar-refractivity contribution in [2.75, 3.05) is 18.8 Å². The first-order valence-corrected chi connectivity index (χ1v) is 8.38. The van der Waals surface area contributed by atoms with Gasteiger partial charge in [-0.3, -0.25) is 19.8 Å². The summed E-state index contributed by atoms with van der Waals surface area (Å²) in [5, 5.41) is 15.5. The van der Waals surface area contributed by atoms with Gasteiger partial charge in [0.1, 0.15) is 11.5 Å². The smallest absolute Gasteiger partial charge is 0.349 e. The van der Waals surface area contributed by atoms with E-state index in [2.05, 4.69) is 0 Å². The molecule has 0 aromatic carbocycles. The van der Waals surface area contributed by atoms with E-state index in [1.54, 1.807) is 18.7 Å². The summed E-state index contributed by atoms with van der Waals surface area (Å²) in [7, 11) is 0. The molecule has 0 bridgehead atoms. The molecule has 7 nitrogen and oxygen atoms in total. The lowest BCUT2D eigenvalue weighted by Gasteiger charge is -2.23. The van der Waals surface area contributed by atoms with Crippen molar-refractivity contribution in [2.24, 2.45) is 5.92 Å². The van der Waals surface area contributed by atoms with E-state index in [1.807, 2.05) is 0 Å². The monoisotopic (exact) mass is 344 g/mol. The molecule has 0 atom stereocenters. The van der Waals surface area contributed by atoms with Crippen LogP contribution in [0, 0.1) is 11.3 Å². The molecule has 0 rings (SSSR count). The Morgan fingerprint density at radius 2 is 1.70 bits per heavy atom. The van der Waals surface area contributed by atoms with Gasteiger partial charge in [0.15, 0.2) is 5.12 Å². The number of hydrogen-bond donors (Lipinski definition) is 2. The van der Waals surface area contributed by atoms with Crippen LogP contribution in [-0.2, 0) is 19.2 Å². The van der Waals surface area contributed by atoms with E-state index in [0.717, 1.165) is 11.8 Å². The highest BCUT2D eigenvalue weighted by atomic mass is 32.2. The van der Waals surface area contributed by atoms with E-state index in [0.29, 0.717) is 18.8 Å². The zero-order valence-corrected chi connectivity index (χ0v) is 14.6. The normalized spacial score (nSPS) is 10.4. The minimum absolute atomic E-state index is 0.00229. The maximum Gasteiger partial charge on any atom is 0.349 e. The molecule has 0 unspecified atom stereocenters. The molecule has 0 aromatic rings. The van der Waals surface area contributed by atoms with Crippen molar-refractivity contribution in [3.05, 3.63) is 0 Å². The van der Waals surface area contributed by atoms with Crippen LogP contribution in [0.25, 0.3) is 0 Å². The molecule has 0 aliphatic rings. The van der Waals surface area contributed by atoms with Gasteiger partial charge in [-0.25, -0.2) is 4.79 Å². The first kappa shape index (κ1) is 21.3. The second-order valence-electron chi connectivity index (χ2n) is 5.44. The molecule has 0 aliphatic heterocycles. The summed E-state index contributed by atoms with van der Waals surface area (Å²) in [6, 6.07) is 0. The number of ketones is 1. The largest absolute Gasteiger partial charge is 0.477 e. The number of amides is 1. The summed E-state index contributed by atoms with van der Waals surface area (Å²) in [5.74, 6) is -1.18. The third kappa shape index (κ3) is 9.83. The third-order valence-electron chi connectivity index (χ3n) is 3.00. The van der Waals surface area contributed by atoms with Crippen LogP contribution in [0.2, 0.25) is 0 Å². The van der Waals surface area contributed by atoms with Crippen LogP contribution in [0.4, 0.5) is 0 Å². The molecule has 2 N–H and O–H groups in total. The molecule has 0 saturated carbocycles. The zero-order valence-electron chi connectivity index (χ0n) is 13.8. The highest BCUT2D eigenvalue weighted by Crippen LogP contribution is 2.10. The average molecular weight is 344 g/mol. The number of carboxylic acids is 1. The molecule has 1 amide bonds. The number of carboxylic acid groups (broad SMARTS) is 1. The van der Waals surface area contributed by atoms with Gasteiger partial charge >= 0.3 is 5.97 Å². The molecule has 8 heteroatoms. The van der Waals surface area contributed by atoms with Gasteiger partial charge in [0.2, 0.25) is 5.91 Å². The molecule has 23 heavy (non-hydrogen) atoms. The average Bonchev–Trinajstić information content (AvgIpc) is 2.46. The Bertz CT molecular complexity index is 476. The first-order valence-electron chi connectivity index (χ1n) is 7.39. The van der Waals surface area contributed by atoms with Crippen molar-refractivity contribution in [3.63, 3.8) is 0 Å². The molecule has 0 spiro atoms. The van der Waals surface area contributed by atoms with Crippen LogP contribution in [0.5, 0.6) is 0 Å². The fourth-order valence-corrected chi connectivity index (χ4v) is 2.45. The Morgan fingerprint density at radius 1 is 1.09 bits per heavy atom. The Morgan fingerprint density at radius 3 is 2.17 bits per heavy atom. The number of aliphatic carboxylic acids is 1. The van der Waals surface area contributed by atoms with Crippen molar-refractivity contribution >= 4 is 40.2 Å². The zero-order chi connectivity index (χ0) is 18.0. The Labute approximate surface area is 140 Å². The molecule has 0 saturated heterocycles. The number of nitrogens with one attached hydrogen (secondary N) is 1. The molecule has 0 radical (unpaired) electrons. The van der Waals surface area contributed by atoms with Gasteiger partial charge in [-0.05, 0) is 6.92 Å². The van der Waals surface area contributed by atoms with Gasteiger partial charge in [-0.15, -0.1) is 0 Å². The predicted molar refractivity (Wildman–Crippen MR) is 88.8 cm³/mol. The van der Waals surface area contributed by atoms with Crippen molar-refractivity contribution in [3.8, 4) is 0 Å². The summed E-state index contributed by atoms with van der Waals surface area (Å²) in [4.78, 5) is 46.8. The van der Waals surface area contributed by atoms with E-state index in [-0.39, 0.29) is 42.0 Å². The maximum absolute atomic E-state index is 12.0. The van der Waals surface area contributed by atoms with Gasteiger partial charge in [0, 0.05) is 44.0 Å². The van der Waals surface area contributed by atoms with Crippen molar-refractivity contribution < 1.29 is 24.3 Å². The quantitative estimate of drug-likeness (QED) is 0.550. The summed E-state index contributed by atoms with van der Waals surface area (Å²) in [6.07, 6.45) is 0.175. The molecule has 0 aliphatic carbocycles. The number of carbonyl (C=O) groups excluding carboxylic acids is 3. The van der Waals surface area contributed by atoms with Gasteiger partial charge in [0.05, 0.1) is 0 Å². The number of hydrogen-bond acceptors (Lipinski definition) is 6. The standard InChI is InChI=1S/C15H24N2O5S/c1-10(2)14(20)17(7-6-11(3)18)8-9-23-13(19)5-4-12(16)15(21)22/h10,16H,4-9H2,1-3H3,(H,21,22). The first-order chi connectivity index (χ1) is 10.6. The van der Waals surface area contributed by atoms with E-state index in [9.17, 15) is 19.2 Å². The summed E-state index contributed by atoms with van der Waals surface area (Å²) in [6.45, 7) is 5.72. The second kappa shape index (κ2) is 10.9. The lowest BCUT2D eigenvalue weighted by molar-refractivity contribution is -0.134. The van der Waals surface area contributed by atoms with Gasteiger partial charge in [-0.2, -0.15) is 0 Å². The SMILES string of the molecule is CC(=O)CCN(CCSC(=O)CCC(=N)C(=O)O)C(=O)C(C)C. The molecule has 0 fully saturated rings. The minimum atomic E-state index is -1.32. The van der Waals surface area contributed by atoms with Crippen molar-refractivity contribution in [2.45, 2.75) is 40.0 Å². The Hall–Kier alpha value is -1.70. The van der Waals surface area contributed by atoms with E-state index in [1.165, 1.54) is 6.92 Å². The lowest BCUT2D eigenvalue weighted by Crippen LogP contribution is -2.37. The van der Waals surface area contributed by atoms with Crippen LogP contribution in [0.15, 0.2) is 0 Å². The predicted octanol–water partition coefficient (Wildman–Crippen LogP) is 1.59. The van der Waals surface area contributed by atoms with Crippen LogP contribution in [0.1, 0.15) is 40.0 Å². The van der Waals surface area contributed by atoms with E-state index >= 15 is 0 Å². The van der Waals surface area contributed by atoms with Crippen molar-refractivity contribution in [1.29, 1.82) is 5.41 Å². The van der Waals surface area contributed by atoms with Crippen LogP contribution < -0.4 is 0 Å². The van der Waals surface area contributed by atoms with Gasteiger partial charge in [-0.1, -0.05) is 25.6 Å². The molecule has 130 valence electrons. The molecular weight excluding hydrogens is 320 g/mol. The van der Waals surface area contributed by atoms with Gasteiger partial charge in [0.25, 0.3) is 0 Å². The fraction of sp³-hybridized carbons (Fsp3) is 0.667. The number of nitrogens with zero attached hydrogens (tertiary/aromatic N) is 1. The highest BCUT2D eigenvalue weighted by Gasteiger charge is 2.18. The maximum atomic E-state index is 12.0. The van der Waals surface area contributed by atoms with E-state index in [4.69, 9.17) is 10.5 Å². The summed E-state index contributed by atoms with van der Waals surface area (Å²) in [5.41, 5.74) is -0.489. The number of Topliss-reactive ketones (excluding diaryl/α,β-unsaturated/α-hetero) is 1. The molecule has 0 heterocycles. The lowest BCUT2D eigenvalue weighted by atomic mass is 10.2. The van der Waals surface area contributed by atoms with Gasteiger partial charge < -0.3 is 10.0 Å². The highest BCUT2D eigenvalue weighted by molar-refractivity contribution is 8.13. The second-order valence-corrected chi connectivity index (χ2v) is 6.59. The fourth-order valence-electron chi connectivity index (χ4n) is 1.67. The topological polar surface area (TPSA) is 116 Å². The van der Waals surface area contributed by atoms with Crippen molar-refractivity contribution in [1.82, 2.24) is 4.90 Å². The summed E-state index contributed by atoms with van der Waals surface area (Å²) < 4.78 is 0.